The van der Waals surface area contributed by atoms with Gasteiger partial charge in [-0.3, -0.25) is 0 Å². The molecule has 0 spiro atoms. The molecule has 3 rings (SSSR count). The number of fused-ring (bicyclic) bond motifs is 3. The molecule has 0 saturated heterocycles. The van der Waals surface area contributed by atoms with E-state index in [1.807, 2.05) is 6.08 Å². The summed E-state index contributed by atoms with van der Waals surface area (Å²) in [5.41, 5.74) is 2.91. The van der Waals surface area contributed by atoms with E-state index < -0.39 is 0 Å². The van der Waals surface area contributed by atoms with Crippen LogP contribution >= 0.6 is 0 Å². The molecule has 0 aliphatic heterocycles. The number of hydrogen-bond donors (Lipinski definition) is 1. The Labute approximate surface area is 139 Å². The van der Waals surface area contributed by atoms with Gasteiger partial charge in [0.05, 0.1) is 7.11 Å². The minimum atomic E-state index is -0.0337. The van der Waals surface area contributed by atoms with E-state index in [1.165, 1.54) is 17.5 Å². The number of aryl methyl sites for hydroxylation is 1. The summed E-state index contributed by atoms with van der Waals surface area (Å²) >= 11 is 0. The third-order valence-corrected chi connectivity index (χ3v) is 6.14. The Morgan fingerprint density at radius 1 is 1.43 bits per heavy atom. The van der Waals surface area contributed by atoms with Gasteiger partial charge >= 0.3 is 0 Å². The molecule has 1 saturated carbocycles. The van der Waals surface area contributed by atoms with Gasteiger partial charge in [-0.25, -0.2) is 0 Å². The summed E-state index contributed by atoms with van der Waals surface area (Å²) in [6, 6.07) is 6.56. The molecular weight excluding hydrogens is 286 g/mol. The number of methoxy groups -OCH3 is 1. The van der Waals surface area contributed by atoms with Gasteiger partial charge in [-0.05, 0) is 73.1 Å². The van der Waals surface area contributed by atoms with Crippen molar-refractivity contribution < 1.29 is 9.94 Å². The molecule has 3 heteroatoms. The van der Waals surface area contributed by atoms with Crippen LogP contribution in [-0.2, 0) is 6.42 Å². The average molecular weight is 313 g/mol. The molecule has 3 nitrogen and oxygen atoms in total. The molecule has 23 heavy (non-hydrogen) atoms. The molecule has 1 fully saturated rings. The zero-order valence-corrected chi connectivity index (χ0v) is 14.2. The van der Waals surface area contributed by atoms with Crippen LogP contribution in [0.4, 0.5) is 0 Å². The molecule has 0 bridgehead atoms. The van der Waals surface area contributed by atoms with E-state index >= 15 is 0 Å². The monoisotopic (exact) mass is 313 g/mol. The van der Waals surface area contributed by atoms with E-state index in [-0.39, 0.29) is 5.41 Å². The van der Waals surface area contributed by atoms with Gasteiger partial charge in [-0.2, -0.15) is 0 Å². The van der Waals surface area contributed by atoms with Crippen molar-refractivity contribution in [2.24, 2.45) is 22.4 Å². The summed E-state index contributed by atoms with van der Waals surface area (Å²) in [6.07, 6.45) is 9.28. The third kappa shape index (κ3) is 2.77. The van der Waals surface area contributed by atoms with Gasteiger partial charge in [-0.1, -0.05) is 19.1 Å². The lowest BCUT2D eigenvalue weighted by atomic mass is 9.54. The van der Waals surface area contributed by atoms with Crippen LogP contribution < -0.4 is 4.74 Å². The fraction of sp³-hybridized carbons (Fsp3) is 0.550. The second-order valence-corrected chi connectivity index (χ2v) is 7.29. The van der Waals surface area contributed by atoms with E-state index in [2.05, 4.69) is 36.9 Å². The van der Waals surface area contributed by atoms with E-state index in [0.29, 0.717) is 17.8 Å². The van der Waals surface area contributed by atoms with Crippen molar-refractivity contribution in [2.45, 2.75) is 44.9 Å². The fourth-order valence-electron chi connectivity index (χ4n) is 4.95. The molecule has 0 heterocycles. The zero-order valence-electron chi connectivity index (χ0n) is 14.2. The molecule has 124 valence electrons. The molecule has 0 radical (unpaired) electrons. The second-order valence-electron chi connectivity index (χ2n) is 7.29. The first-order chi connectivity index (χ1) is 11.1. The van der Waals surface area contributed by atoms with Gasteiger partial charge in [0.25, 0.3) is 0 Å². The summed E-state index contributed by atoms with van der Waals surface area (Å²) in [5, 5.41) is 12.5. The highest BCUT2D eigenvalue weighted by Crippen LogP contribution is 2.55. The van der Waals surface area contributed by atoms with Crippen molar-refractivity contribution in [1.29, 1.82) is 0 Å². The van der Waals surface area contributed by atoms with E-state index in [0.717, 1.165) is 31.4 Å². The Morgan fingerprint density at radius 3 is 2.96 bits per heavy atom. The normalized spacial score (nSPS) is 33.0. The van der Waals surface area contributed by atoms with Gasteiger partial charge in [0.1, 0.15) is 5.75 Å². The van der Waals surface area contributed by atoms with Gasteiger partial charge < -0.3 is 9.94 Å². The SMILES string of the molecule is C=CC[C@H]1[C@@H]2CCc3cc(OC)ccc3[C@H]2CC[C@]1(C)C=NO. The molecule has 1 N–H and O–H groups in total. The minimum absolute atomic E-state index is 0.0337. The van der Waals surface area contributed by atoms with Gasteiger partial charge in [0.2, 0.25) is 0 Å². The maximum Gasteiger partial charge on any atom is 0.119 e. The summed E-state index contributed by atoms with van der Waals surface area (Å²) in [6.45, 7) is 6.20. The van der Waals surface area contributed by atoms with Crippen molar-refractivity contribution in [3.8, 4) is 5.75 Å². The molecule has 0 aromatic heterocycles. The van der Waals surface area contributed by atoms with Crippen LogP contribution in [0.2, 0.25) is 0 Å². The molecule has 2 aliphatic rings. The van der Waals surface area contributed by atoms with Crippen molar-refractivity contribution in [3.05, 3.63) is 42.0 Å². The van der Waals surface area contributed by atoms with Gasteiger partial charge in [0.15, 0.2) is 0 Å². The first-order valence-electron chi connectivity index (χ1n) is 8.59. The number of benzene rings is 1. The molecule has 0 unspecified atom stereocenters. The molecule has 1 aromatic carbocycles. The number of nitrogens with zero attached hydrogens (tertiary/aromatic N) is 1. The minimum Gasteiger partial charge on any atom is -0.497 e. The van der Waals surface area contributed by atoms with E-state index in [9.17, 15) is 0 Å². The lowest BCUT2D eigenvalue weighted by Gasteiger charge is -2.50. The van der Waals surface area contributed by atoms with Crippen LogP contribution in [0.1, 0.15) is 49.7 Å². The largest absolute Gasteiger partial charge is 0.497 e. The number of allylic oxidation sites excluding steroid dienone is 1. The predicted molar refractivity (Wildman–Crippen MR) is 93.5 cm³/mol. The van der Waals surface area contributed by atoms with Gasteiger partial charge in [-0.15, -0.1) is 11.7 Å². The second kappa shape index (κ2) is 6.38. The average Bonchev–Trinajstić information content (AvgIpc) is 2.57. The first-order valence-corrected chi connectivity index (χ1v) is 8.59. The molecule has 4 atom stereocenters. The lowest BCUT2D eigenvalue weighted by Crippen LogP contribution is -2.43. The Kier molecular flexibility index (Phi) is 4.47. The lowest BCUT2D eigenvalue weighted by molar-refractivity contribution is 0.0861. The number of rotatable bonds is 4. The summed E-state index contributed by atoms with van der Waals surface area (Å²) in [7, 11) is 1.73. The standard InChI is InChI=1S/C20H27NO2/c1-4-5-19-18-8-6-14-12-15(23-3)7-9-16(14)17(18)10-11-20(19,2)13-21-22/h4,7,9,12-13,17-19,22H,1,5-6,8,10-11H2,2-3H3/t17-,18-,19+,20-/m1/s1. The van der Waals surface area contributed by atoms with Crippen LogP contribution in [0.3, 0.4) is 0 Å². The summed E-state index contributed by atoms with van der Waals surface area (Å²) in [4.78, 5) is 0. The van der Waals surface area contributed by atoms with Crippen LogP contribution in [0.25, 0.3) is 0 Å². The van der Waals surface area contributed by atoms with Crippen molar-refractivity contribution in [2.75, 3.05) is 7.11 Å². The van der Waals surface area contributed by atoms with E-state index in [4.69, 9.17) is 9.94 Å². The number of hydrogen-bond acceptors (Lipinski definition) is 3. The highest BCUT2D eigenvalue weighted by molar-refractivity contribution is 5.65. The van der Waals surface area contributed by atoms with E-state index in [1.54, 1.807) is 13.3 Å². The van der Waals surface area contributed by atoms with Crippen molar-refractivity contribution >= 4 is 6.21 Å². The Morgan fingerprint density at radius 2 is 2.26 bits per heavy atom. The molecule has 0 amide bonds. The van der Waals surface area contributed by atoms with Crippen LogP contribution in [0, 0.1) is 17.3 Å². The predicted octanol–water partition coefficient (Wildman–Crippen LogP) is 4.79. The van der Waals surface area contributed by atoms with Gasteiger partial charge in [0, 0.05) is 11.6 Å². The van der Waals surface area contributed by atoms with Crippen molar-refractivity contribution in [1.82, 2.24) is 0 Å². The summed E-state index contributed by atoms with van der Waals surface area (Å²) in [5.74, 6) is 2.68. The number of oxime groups is 1. The Balaban J connectivity index is 1.95. The fourth-order valence-corrected chi connectivity index (χ4v) is 4.95. The highest BCUT2D eigenvalue weighted by atomic mass is 16.5. The topological polar surface area (TPSA) is 41.8 Å². The van der Waals surface area contributed by atoms with Crippen LogP contribution in [0.15, 0.2) is 36.0 Å². The Hall–Kier alpha value is -1.77. The maximum atomic E-state index is 9.11. The molecule has 2 aliphatic carbocycles. The quantitative estimate of drug-likeness (QED) is 0.376. The Bertz CT molecular complexity index is 610. The molecule has 1 aromatic rings. The van der Waals surface area contributed by atoms with Crippen LogP contribution in [0.5, 0.6) is 5.75 Å². The zero-order chi connectivity index (χ0) is 16.4. The first kappa shape index (κ1) is 16.1. The molecular formula is C20H27NO2. The highest BCUT2D eigenvalue weighted by Gasteiger charge is 2.47. The van der Waals surface area contributed by atoms with Crippen LogP contribution in [-0.4, -0.2) is 18.5 Å². The smallest absolute Gasteiger partial charge is 0.119 e. The number of ether oxygens (including phenoxy) is 1. The summed E-state index contributed by atoms with van der Waals surface area (Å²) < 4.78 is 5.38. The maximum absolute atomic E-state index is 9.11. The third-order valence-electron chi connectivity index (χ3n) is 6.14. The van der Waals surface area contributed by atoms with Crippen molar-refractivity contribution in [3.63, 3.8) is 0 Å².